The van der Waals surface area contributed by atoms with Crippen LogP contribution in [0.2, 0.25) is 5.02 Å². The molecule has 19 heavy (non-hydrogen) atoms. The number of halogens is 1. The molecule has 0 amide bonds. The number of hydrogen-bond acceptors (Lipinski definition) is 4. The molecule has 0 saturated carbocycles. The van der Waals surface area contributed by atoms with Gasteiger partial charge in [-0.3, -0.25) is 9.97 Å². The van der Waals surface area contributed by atoms with Crippen molar-refractivity contribution in [2.24, 2.45) is 0 Å². The smallest absolute Gasteiger partial charge is 0.112 e. The zero-order chi connectivity index (χ0) is 13.4. The Morgan fingerprint density at radius 2 is 1.79 bits per heavy atom. The van der Waals surface area contributed by atoms with Crippen LogP contribution in [0.25, 0.3) is 22.2 Å². The number of benzene rings is 1. The standard InChI is InChI=1S/C14H11ClN4/c15-9-2-1-8-3-4-18-13(11(8)5-9)14-12(17)6-10(16)7-19-14/h1-7H,16-17H2. The molecule has 4 nitrogen and oxygen atoms in total. The first-order chi connectivity index (χ1) is 9.15. The summed E-state index contributed by atoms with van der Waals surface area (Å²) in [6, 6.07) is 9.23. The number of fused-ring (bicyclic) bond motifs is 1. The molecule has 0 spiro atoms. The van der Waals surface area contributed by atoms with Crippen LogP contribution in [0.3, 0.4) is 0 Å². The third-order valence-corrected chi connectivity index (χ3v) is 3.13. The van der Waals surface area contributed by atoms with Crippen molar-refractivity contribution in [3.63, 3.8) is 0 Å². The molecule has 0 fully saturated rings. The largest absolute Gasteiger partial charge is 0.397 e. The van der Waals surface area contributed by atoms with E-state index in [1.54, 1.807) is 18.5 Å². The molecule has 0 aliphatic rings. The van der Waals surface area contributed by atoms with Gasteiger partial charge in [0.05, 0.1) is 23.3 Å². The van der Waals surface area contributed by atoms with Crippen LogP contribution in [-0.4, -0.2) is 9.97 Å². The molecule has 2 aromatic heterocycles. The lowest BCUT2D eigenvalue weighted by Crippen LogP contribution is -1.98. The second-order valence-electron chi connectivity index (χ2n) is 4.23. The Hall–Kier alpha value is -2.33. The molecular formula is C14H11ClN4. The Kier molecular flexibility index (Phi) is 2.72. The Morgan fingerprint density at radius 3 is 2.58 bits per heavy atom. The minimum absolute atomic E-state index is 0.500. The first kappa shape index (κ1) is 11.7. The van der Waals surface area contributed by atoms with Gasteiger partial charge in [0.15, 0.2) is 0 Å². The van der Waals surface area contributed by atoms with Crippen LogP contribution in [0.4, 0.5) is 11.4 Å². The van der Waals surface area contributed by atoms with Crippen molar-refractivity contribution in [2.75, 3.05) is 11.5 Å². The SMILES string of the molecule is Nc1cnc(-c2nccc3ccc(Cl)cc23)c(N)c1. The van der Waals surface area contributed by atoms with Crippen molar-refractivity contribution in [3.05, 3.63) is 47.7 Å². The van der Waals surface area contributed by atoms with Gasteiger partial charge in [0, 0.05) is 16.6 Å². The molecule has 2 heterocycles. The molecule has 0 unspecified atom stereocenters. The first-order valence-corrected chi connectivity index (χ1v) is 6.08. The number of anilines is 2. The maximum Gasteiger partial charge on any atom is 0.112 e. The summed E-state index contributed by atoms with van der Waals surface area (Å²) in [7, 11) is 0. The lowest BCUT2D eigenvalue weighted by molar-refractivity contribution is 1.27. The minimum atomic E-state index is 0.500. The van der Waals surface area contributed by atoms with Gasteiger partial charge in [0.25, 0.3) is 0 Å². The van der Waals surface area contributed by atoms with Crippen LogP contribution in [-0.2, 0) is 0 Å². The van der Waals surface area contributed by atoms with Crippen molar-refractivity contribution < 1.29 is 0 Å². The van der Waals surface area contributed by atoms with Gasteiger partial charge < -0.3 is 11.5 Å². The highest BCUT2D eigenvalue weighted by molar-refractivity contribution is 6.31. The summed E-state index contributed by atoms with van der Waals surface area (Å²) in [5.41, 5.74) is 14.0. The number of nitrogens with two attached hydrogens (primary N) is 2. The van der Waals surface area contributed by atoms with Crippen LogP contribution < -0.4 is 11.5 Å². The van der Waals surface area contributed by atoms with Crippen molar-refractivity contribution in [1.82, 2.24) is 9.97 Å². The van der Waals surface area contributed by atoms with E-state index in [9.17, 15) is 0 Å². The fourth-order valence-corrected chi connectivity index (χ4v) is 2.20. The summed E-state index contributed by atoms with van der Waals surface area (Å²) in [5.74, 6) is 0. The van der Waals surface area contributed by atoms with E-state index in [0.29, 0.717) is 27.8 Å². The number of nitrogens with zero attached hydrogens (tertiary/aromatic N) is 2. The molecule has 0 atom stereocenters. The molecule has 5 heteroatoms. The van der Waals surface area contributed by atoms with E-state index in [0.717, 1.165) is 10.8 Å². The molecule has 0 radical (unpaired) electrons. The monoisotopic (exact) mass is 270 g/mol. The fourth-order valence-electron chi connectivity index (χ4n) is 2.03. The summed E-state index contributed by atoms with van der Waals surface area (Å²) < 4.78 is 0. The van der Waals surface area contributed by atoms with Crippen LogP contribution in [0.5, 0.6) is 0 Å². The number of pyridine rings is 2. The van der Waals surface area contributed by atoms with Gasteiger partial charge in [-0.25, -0.2) is 0 Å². The molecule has 0 saturated heterocycles. The fraction of sp³-hybridized carbons (Fsp3) is 0. The zero-order valence-corrected chi connectivity index (χ0v) is 10.7. The van der Waals surface area contributed by atoms with E-state index in [1.165, 1.54) is 0 Å². The molecule has 3 aromatic rings. The lowest BCUT2D eigenvalue weighted by Gasteiger charge is -2.08. The number of rotatable bonds is 1. The van der Waals surface area contributed by atoms with Gasteiger partial charge in [-0.2, -0.15) is 0 Å². The normalized spacial score (nSPS) is 10.8. The minimum Gasteiger partial charge on any atom is -0.397 e. The summed E-state index contributed by atoms with van der Waals surface area (Å²) in [5, 5.41) is 2.60. The van der Waals surface area contributed by atoms with Crippen molar-refractivity contribution in [3.8, 4) is 11.4 Å². The topological polar surface area (TPSA) is 77.8 Å². The Labute approximate surface area is 115 Å². The maximum atomic E-state index is 6.04. The van der Waals surface area contributed by atoms with Crippen molar-refractivity contribution in [2.45, 2.75) is 0 Å². The van der Waals surface area contributed by atoms with E-state index in [2.05, 4.69) is 9.97 Å². The summed E-state index contributed by atoms with van der Waals surface area (Å²) in [6.45, 7) is 0. The molecule has 0 aliphatic carbocycles. The van der Waals surface area contributed by atoms with E-state index >= 15 is 0 Å². The molecule has 4 N–H and O–H groups in total. The van der Waals surface area contributed by atoms with Crippen LogP contribution in [0, 0.1) is 0 Å². The van der Waals surface area contributed by atoms with E-state index in [-0.39, 0.29) is 0 Å². The number of nitrogen functional groups attached to an aromatic ring is 2. The Balaban J connectivity index is 2.33. The van der Waals surface area contributed by atoms with Gasteiger partial charge in [0.1, 0.15) is 5.69 Å². The molecular weight excluding hydrogens is 260 g/mol. The molecule has 0 bridgehead atoms. The Bertz CT molecular complexity index is 770. The average molecular weight is 271 g/mol. The third kappa shape index (κ3) is 2.06. The molecule has 0 aliphatic heterocycles. The summed E-state index contributed by atoms with van der Waals surface area (Å²) >= 11 is 6.04. The van der Waals surface area contributed by atoms with E-state index in [4.69, 9.17) is 23.1 Å². The number of hydrogen-bond donors (Lipinski definition) is 2. The highest BCUT2D eigenvalue weighted by Crippen LogP contribution is 2.31. The summed E-state index contributed by atoms with van der Waals surface area (Å²) in [4.78, 5) is 8.64. The molecule has 1 aromatic carbocycles. The second-order valence-corrected chi connectivity index (χ2v) is 4.67. The van der Waals surface area contributed by atoms with Gasteiger partial charge in [-0.05, 0) is 29.7 Å². The summed E-state index contributed by atoms with van der Waals surface area (Å²) in [6.07, 6.45) is 3.29. The number of aromatic nitrogens is 2. The van der Waals surface area contributed by atoms with E-state index < -0.39 is 0 Å². The maximum absolute atomic E-state index is 6.04. The van der Waals surface area contributed by atoms with Gasteiger partial charge in [0.2, 0.25) is 0 Å². The average Bonchev–Trinajstić information content (AvgIpc) is 2.38. The van der Waals surface area contributed by atoms with Gasteiger partial charge in [-0.1, -0.05) is 17.7 Å². The molecule has 94 valence electrons. The highest BCUT2D eigenvalue weighted by Gasteiger charge is 2.10. The predicted octanol–water partition coefficient (Wildman–Crippen LogP) is 3.11. The lowest BCUT2D eigenvalue weighted by atomic mass is 10.1. The first-order valence-electron chi connectivity index (χ1n) is 5.71. The van der Waals surface area contributed by atoms with Crippen LogP contribution >= 0.6 is 11.6 Å². The quantitative estimate of drug-likeness (QED) is 0.712. The zero-order valence-electron chi connectivity index (χ0n) is 9.97. The predicted molar refractivity (Wildman–Crippen MR) is 78.8 cm³/mol. The van der Waals surface area contributed by atoms with Gasteiger partial charge in [-0.15, -0.1) is 0 Å². The van der Waals surface area contributed by atoms with Crippen molar-refractivity contribution in [1.29, 1.82) is 0 Å². The van der Waals surface area contributed by atoms with Gasteiger partial charge >= 0.3 is 0 Å². The highest BCUT2D eigenvalue weighted by atomic mass is 35.5. The van der Waals surface area contributed by atoms with Crippen LogP contribution in [0.1, 0.15) is 0 Å². The molecule has 3 rings (SSSR count). The van der Waals surface area contributed by atoms with E-state index in [1.807, 2.05) is 24.3 Å². The second kappa shape index (κ2) is 4.40. The van der Waals surface area contributed by atoms with Crippen molar-refractivity contribution >= 4 is 33.7 Å². The van der Waals surface area contributed by atoms with Crippen LogP contribution in [0.15, 0.2) is 42.7 Å². The Morgan fingerprint density at radius 1 is 0.947 bits per heavy atom. The third-order valence-electron chi connectivity index (χ3n) is 2.89.